The van der Waals surface area contributed by atoms with E-state index in [1.54, 1.807) is 0 Å². The molecule has 0 aliphatic rings. The Labute approximate surface area is 91.4 Å². The van der Waals surface area contributed by atoms with Crippen molar-refractivity contribution in [2.75, 3.05) is 0 Å². The molecule has 1 aromatic rings. The molecule has 14 heavy (non-hydrogen) atoms. The standard InChI is InChI=1S/C9H10Cl2FNO/c1-4(14)9(13)7-5(10)2-3-6(12)8(7)11/h2-4,9,14H,13H2,1H3/t4-,9-/m1/s1. The lowest BCUT2D eigenvalue weighted by molar-refractivity contribution is 0.164. The minimum atomic E-state index is -0.841. The zero-order valence-electron chi connectivity index (χ0n) is 7.47. The molecule has 0 radical (unpaired) electrons. The van der Waals surface area contributed by atoms with Crippen LogP contribution in [0.5, 0.6) is 0 Å². The largest absolute Gasteiger partial charge is 0.391 e. The van der Waals surface area contributed by atoms with Gasteiger partial charge in [0.15, 0.2) is 0 Å². The van der Waals surface area contributed by atoms with E-state index in [1.807, 2.05) is 0 Å². The SMILES string of the molecule is C[C@@H](O)[C@@H](N)c1c(Cl)ccc(F)c1Cl. The fraction of sp³-hybridized carbons (Fsp3) is 0.333. The van der Waals surface area contributed by atoms with Gasteiger partial charge in [-0.05, 0) is 19.1 Å². The summed E-state index contributed by atoms with van der Waals surface area (Å²) in [7, 11) is 0. The highest BCUT2D eigenvalue weighted by molar-refractivity contribution is 6.36. The minimum absolute atomic E-state index is 0.133. The Bertz CT molecular complexity index is 344. The molecule has 0 aliphatic heterocycles. The normalized spacial score (nSPS) is 15.3. The summed E-state index contributed by atoms with van der Waals surface area (Å²) in [6.45, 7) is 1.49. The first kappa shape index (κ1) is 11.7. The summed E-state index contributed by atoms with van der Waals surface area (Å²) in [5.74, 6) is -0.595. The van der Waals surface area contributed by atoms with Gasteiger partial charge in [-0.15, -0.1) is 0 Å². The molecular weight excluding hydrogens is 228 g/mol. The zero-order chi connectivity index (χ0) is 10.9. The van der Waals surface area contributed by atoms with Crippen molar-refractivity contribution in [2.45, 2.75) is 19.1 Å². The first-order valence-electron chi connectivity index (χ1n) is 4.02. The number of benzene rings is 1. The molecule has 2 nitrogen and oxygen atoms in total. The van der Waals surface area contributed by atoms with Crippen molar-refractivity contribution < 1.29 is 9.50 Å². The monoisotopic (exact) mass is 237 g/mol. The van der Waals surface area contributed by atoms with Gasteiger partial charge in [-0.3, -0.25) is 0 Å². The average Bonchev–Trinajstić information content (AvgIpc) is 2.12. The van der Waals surface area contributed by atoms with Crippen LogP contribution in [0.2, 0.25) is 10.0 Å². The van der Waals surface area contributed by atoms with Crippen molar-refractivity contribution in [1.82, 2.24) is 0 Å². The topological polar surface area (TPSA) is 46.2 Å². The van der Waals surface area contributed by atoms with Crippen LogP contribution in [0, 0.1) is 5.82 Å². The Morgan fingerprint density at radius 1 is 1.43 bits per heavy atom. The second kappa shape index (κ2) is 4.45. The lowest BCUT2D eigenvalue weighted by Crippen LogP contribution is -2.24. The Hall–Kier alpha value is -0.350. The van der Waals surface area contributed by atoms with Crippen LogP contribution in [0.15, 0.2) is 12.1 Å². The van der Waals surface area contributed by atoms with Crippen LogP contribution in [-0.4, -0.2) is 11.2 Å². The Kier molecular flexibility index (Phi) is 3.72. The Balaban J connectivity index is 3.25. The van der Waals surface area contributed by atoms with Crippen LogP contribution < -0.4 is 5.73 Å². The lowest BCUT2D eigenvalue weighted by atomic mass is 10.0. The first-order valence-corrected chi connectivity index (χ1v) is 4.77. The fourth-order valence-corrected chi connectivity index (χ4v) is 1.71. The molecule has 0 bridgehead atoms. The molecule has 1 rings (SSSR count). The maximum Gasteiger partial charge on any atom is 0.142 e. The van der Waals surface area contributed by atoms with Gasteiger partial charge in [0.05, 0.1) is 17.2 Å². The predicted molar refractivity (Wildman–Crippen MR) is 55.0 cm³/mol. The molecule has 0 heterocycles. The summed E-state index contributed by atoms with van der Waals surface area (Å²) in [6.07, 6.45) is -0.841. The van der Waals surface area contributed by atoms with E-state index in [-0.39, 0.29) is 15.6 Å². The summed E-state index contributed by atoms with van der Waals surface area (Å²) in [5, 5.41) is 9.37. The first-order chi connectivity index (χ1) is 6.45. The third kappa shape index (κ3) is 2.17. The van der Waals surface area contributed by atoms with Crippen LogP contribution in [-0.2, 0) is 0 Å². The molecule has 0 aromatic heterocycles. The van der Waals surface area contributed by atoms with Crippen molar-refractivity contribution >= 4 is 23.2 Å². The Morgan fingerprint density at radius 3 is 2.50 bits per heavy atom. The van der Waals surface area contributed by atoms with Crippen molar-refractivity contribution in [3.8, 4) is 0 Å². The predicted octanol–water partition coefficient (Wildman–Crippen LogP) is 2.51. The van der Waals surface area contributed by atoms with Crippen molar-refractivity contribution in [1.29, 1.82) is 0 Å². The summed E-state index contributed by atoms with van der Waals surface area (Å²) in [6, 6.07) is 1.73. The van der Waals surface area contributed by atoms with Gasteiger partial charge in [-0.1, -0.05) is 23.2 Å². The molecule has 0 fully saturated rings. The Morgan fingerprint density at radius 2 is 2.00 bits per heavy atom. The average molecular weight is 238 g/mol. The fourth-order valence-electron chi connectivity index (χ4n) is 1.09. The summed E-state index contributed by atoms with van der Waals surface area (Å²) in [5.41, 5.74) is 5.86. The van der Waals surface area contributed by atoms with Crippen LogP contribution >= 0.6 is 23.2 Å². The van der Waals surface area contributed by atoms with Gasteiger partial charge < -0.3 is 10.8 Å². The highest BCUT2D eigenvalue weighted by Crippen LogP contribution is 2.32. The number of hydrogen-bond acceptors (Lipinski definition) is 2. The van der Waals surface area contributed by atoms with Crippen LogP contribution in [0.1, 0.15) is 18.5 Å². The van der Waals surface area contributed by atoms with Crippen molar-refractivity contribution in [3.05, 3.63) is 33.6 Å². The summed E-state index contributed by atoms with van der Waals surface area (Å²) in [4.78, 5) is 0. The van der Waals surface area contributed by atoms with E-state index in [0.29, 0.717) is 0 Å². The third-order valence-corrected chi connectivity index (χ3v) is 2.65. The molecule has 0 unspecified atom stereocenters. The molecular formula is C9H10Cl2FNO. The van der Waals surface area contributed by atoms with Gasteiger partial charge in [0.2, 0.25) is 0 Å². The third-order valence-electron chi connectivity index (χ3n) is 1.93. The minimum Gasteiger partial charge on any atom is -0.391 e. The summed E-state index contributed by atoms with van der Waals surface area (Å²) < 4.78 is 13.1. The number of aliphatic hydroxyl groups excluding tert-OH is 1. The summed E-state index contributed by atoms with van der Waals surface area (Å²) >= 11 is 11.5. The van der Waals surface area contributed by atoms with Crippen molar-refractivity contribution in [2.24, 2.45) is 5.73 Å². The molecule has 2 atom stereocenters. The molecule has 0 spiro atoms. The van der Waals surface area contributed by atoms with Crippen molar-refractivity contribution in [3.63, 3.8) is 0 Å². The molecule has 78 valence electrons. The van der Waals surface area contributed by atoms with Gasteiger partial charge in [-0.2, -0.15) is 0 Å². The quantitative estimate of drug-likeness (QED) is 0.777. The second-order valence-corrected chi connectivity index (χ2v) is 3.81. The van der Waals surface area contributed by atoms with E-state index in [9.17, 15) is 9.50 Å². The maximum absolute atomic E-state index is 13.1. The lowest BCUT2D eigenvalue weighted by Gasteiger charge is -2.18. The molecule has 5 heteroatoms. The van der Waals surface area contributed by atoms with E-state index in [1.165, 1.54) is 13.0 Å². The molecule has 0 amide bonds. The van der Waals surface area contributed by atoms with Gasteiger partial charge in [0.25, 0.3) is 0 Å². The second-order valence-electron chi connectivity index (χ2n) is 3.02. The molecule has 0 aliphatic carbocycles. The highest BCUT2D eigenvalue weighted by Gasteiger charge is 2.20. The van der Waals surface area contributed by atoms with Crippen LogP contribution in [0.25, 0.3) is 0 Å². The van der Waals surface area contributed by atoms with E-state index >= 15 is 0 Å². The number of nitrogens with two attached hydrogens (primary N) is 1. The number of rotatable bonds is 2. The van der Waals surface area contributed by atoms with Crippen LogP contribution in [0.3, 0.4) is 0 Å². The van der Waals surface area contributed by atoms with Gasteiger partial charge in [0, 0.05) is 10.6 Å². The van der Waals surface area contributed by atoms with Gasteiger partial charge in [0.1, 0.15) is 5.82 Å². The number of aliphatic hydroxyl groups is 1. The van der Waals surface area contributed by atoms with Crippen LogP contribution in [0.4, 0.5) is 4.39 Å². The van der Waals surface area contributed by atoms with Gasteiger partial charge in [-0.25, -0.2) is 4.39 Å². The zero-order valence-corrected chi connectivity index (χ0v) is 8.98. The van der Waals surface area contributed by atoms with E-state index in [4.69, 9.17) is 28.9 Å². The molecule has 3 N–H and O–H groups in total. The smallest absolute Gasteiger partial charge is 0.142 e. The highest BCUT2D eigenvalue weighted by atomic mass is 35.5. The van der Waals surface area contributed by atoms with E-state index in [0.717, 1.165) is 6.07 Å². The van der Waals surface area contributed by atoms with Gasteiger partial charge >= 0.3 is 0 Å². The van der Waals surface area contributed by atoms with E-state index in [2.05, 4.69) is 0 Å². The maximum atomic E-state index is 13.1. The number of hydrogen-bond donors (Lipinski definition) is 2. The van der Waals surface area contributed by atoms with E-state index < -0.39 is 18.0 Å². The molecule has 0 saturated heterocycles. The molecule has 0 saturated carbocycles. The number of halogens is 3. The molecule has 1 aromatic carbocycles.